The maximum Gasteiger partial charge on any atom is 0.341 e. The molecule has 1 aromatic carbocycles. The van der Waals surface area contributed by atoms with E-state index in [0.717, 1.165) is 11.3 Å². The number of carbonyl (C=O) groups is 3. The van der Waals surface area contributed by atoms with Crippen LogP contribution in [-0.4, -0.2) is 37.4 Å². The van der Waals surface area contributed by atoms with Crippen LogP contribution in [0.25, 0.3) is 0 Å². The van der Waals surface area contributed by atoms with Crippen LogP contribution in [0.5, 0.6) is 5.75 Å². The average molecular weight is 404 g/mol. The lowest BCUT2D eigenvalue weighted by Gasteiger charge is -2.12. The number of benzene rings is 1. The maximum atomic E-state index is 12.4. The van der Waals surface area contributed by atoms with Gasteiger partial charge in [-0.2, -0.15) is 0 Å². The van der Waals surface area contributed by atoms with Gasteiger partial charge in [0.2, 0.25) is 5.91 Å². The molecule has 150 valence electrons. The van der Waals surface area contributed by atoms with E-state index in [-0.39, 0.29) is 30.4 Å². The molecule has 0 atom stereocenters. The third kappa shape index (κ3) is 5.10. The molecule has 0 radical (unpaired) electrons. The van der Waals surface area contributed by atoms with Gasteiger partial charge in [0.05, 0.1) is 35.9 Å². The summed E-state index contributed by atoms with van der Waals surface area (Å²) in [6, 6.07) is 7.30. The number of rotatable bonds is 9. The summed E-state index contributed by atoms with van der Waals surface area (Å²) in [5.41, 5.74) is 1.43. The van der Waals surface area contributed by atoms with Crippen molar-refractivity contribution in [1.82, 2.24) is 0 Å². The summed E-state index contributed by atoms with van der Waals surface area (Å²) in [7, 11) is 0. The molecule has 0 saturated heterocycles. The highest BCUT2D eigenvalue weighted by Crippen LogP contribution is 2.34. The van der Waals surface area contributed by atoms with Crippen molar-refractivity contribution in [2.45, 2.75) is 27.7 Å². The van der Waals surface area contributed by atoms with Crippen LogP contribution in [0, 0.1) is 6.92 Å². The van der Waals surface area contributed by atoms with Gasteiger partial charge in [0.15, 0.2) is 5.78 Å². The zero-order valence-corrected chi connectivity index (χ0v) is 17.2. The number of carbonyl (C=O) groups excluding carboxylic acids is 3. The molecule has 0 aliphatic rings. The highest BCUT2D eigenvalue weighted by molar-refractivity contribution is 7.18. The summed E-state index contributed by atoms with van der Waals surface area (Å²) in [6.45, 7) is 7.36. The second kappa shape index (κ2) is 9.89. The molecular formula is C20H24N2O5S. The number of amides is 1. The molecule has 0 aliphatic heterocycles. The molecule has 1 amide bonds. The summed E-state index contributed by atoms with van der Waals surface area (Å²) < 4.78 is 10.6. The molecule has 0 unspecified atom stereocenters. The summed E-state index contributed by atoms with van der Waals surface area (Å²) in [5, 5.41) is 6.04. The number of ketones is 1. The van der Waals surface area contributed by atoms with Crippen LogP contribution >= 0.6 is 11.3 Å². The van der Waals surface area contributed by atoms with E-state index in [1.54, 1.807) is 13.8 Å². The summed E-state index contributed by atoms with van der Waals surface area (Å²) in [6.07, 6.45) is 0. The number of thiophene rings is 1. The van der Waals surface area contributed by atoms with Crippen LogP contribution in [0.15, 0.2) is 24.3 Å². The SMILES string of the molecule is CCOC(=O)c1c(NC(=O)CNc2ccccc2OCC)sc(C(C)=O)c1C. The zero-order chi connectivity index (χ0) is 20.7. The number of hydrogen-bond donors (Lipinski definition) is 2. The first kappa shape index (κ1) is 21.4. The third-order valence-corrected chi connectivity index (χ3v) is 5.13. The highest BCUT2D eigenvalue weighted by atomic mass is 32.1. The Labute approximate surface area is 168 Å². The molecule has 0 aliphatic carbocycles. The normalized spacial score (nSPS) is 10.3. The standard InChI is InChI=1S/C20H24N2O5S/c1-5-26-15-10-8-7-9-14(15)21-11-16(24)22-19-17(20(25)27-6-2)12(3)18(28-19)13(4)23/h7-10,21H,5-6,11H2,1-4H3,(H,22,24). The number of hydrogen-bond acceptors (Lipinski definition) is 7. The van der Waals surface area contributed by atoms with Crippen molar-refractivity contribution in [2.75, 3.05) is 30.4 Å². The van der Waals surface area contributed by atoms with Gasteiger partial charge in [0.25, 0.3) is 0 Å². The molecule has 2 aromatic rings. The Morgan fingerprint density at radius 3 is 2.46 bits per heavy atom. The Kier molecular flexibility index (Phi) is 7.57. The maximum absolute atomic E-state index is 12.4. The Bertz CT molecular complexity index is 875. The molecule has 0 bridgehead atoms. The average Bonchev–Trinajstić information content (AvgIpc) is 2.97. The minimum Gasteiger partial charge on any atom is -0.492 e. The first-order valence-corrected chi connectivity index (χ1v) is 9.77. The van der Waals surface area contributed by atoms with Gasteiger partial charge in [-0.3, -0.25) is 9.59 Å². The van der Waals surface area contributed by atoms with E-state index in [0.29, 0.717) is 33.5 Å². The predicted octanol–water partition coefficient (Wildman–Crippen LogP) is 3.89. The molecule has 0 spiro atoms. The van der Waals surface area contributed by atoms with Gasteiger partial charge in [-0.05, 0) is 45.4 Å². The van der Waals surface area contributed by atoms with Crippen molar-refractivity contribution in [1.29, 1.82) is 0 Å². The van der Waals surface area contributed by atoms with E-state index in [9.17, 15) is 14.4 Å². The van der Waals surface area contributed by atoms with Crippen molar-refractivity contribution in [2.24, 2.45) is 0 Å². The molecule has 2 N–H and O–H groups in total. The van der Waals surface area contributed by atoms with E-state index in [1.165, 1.54) is 6.92 Å². The van der Waals surface area contributed by atoms with Gasteiger partial charge < -0.3 is 20.1 Å². The largest absolute Gasteiger partial charge is 0.492 e. The van der Waals surface area contributed by atoms with Crippen LogP contribution in [0.2, 0.25) is 0 Å². The summed E-state index contributed by atoms with van der Waals surface area (Å²) in [5.74, 6) is -0.435. The lowest BCUT2D eigenvalue weighted by molar-refractivity contribution is -0.114. The van der Waals surface area contributed by atoms with Gasteiger partial charge in [-0.1, -0.05) is 12.1 Å². The molecular weight excluding hydrogens is 380 g/mol. The Morgan fingerprint density at radius 2 is 1.82 bits per heavy atom. The van der Waals surface area contributed by atoms with E-state index < -0.39 is 5.97 Å². The van der Waals surface area contributed by atoms with Crippen LogP contribution in [0.4, 0.5) is 10.7 Å². The second-order valence-corrected chi connectivity index (χ2v) is 6.89. The second-order valence-electron chi connectivity index (χ2n) is 5.87. The minimum atomic E-state index is -0.561. The Balaban J connectivity index is 2.16. The first-order valence-electron chi connectivity index (χ1n) is 8.95. The molecule has 1 heterocycles. The van der Waals surface area contributed by atoms with Crippen molar-refractivity contribution in [3.8, 4) is 5.75 Å². The molecule has 0 fully saturated rings. The van der Waals surface area contributed by atoms with Crippen molar-refractivity contribution >= 4 is 39.7 Å². The summed E-state index contributed by atoms with van der Waals surface area (Å²) >= 11 is 1.07. The van der Waals surface area contributed by atoms with E-state index in [2.05, 4.69) is 10.6 Å². The minimum absolute atomic E-state index is 0.0291. The third-order valence-electron chi connectivity index (χ3n) is 3.83. The van der Waals surface area contributed by atoms with Crippen LogP contribution < -0.4 is 15.4 Å². The fraction of sp³-hybridized carbons (Fsp3) is 0.350. The fourth-order valence-corrected chi connectivity index (χ4v) is 3.73. The topological polar surface area (TPSA) is 93.7 Å². The number of ether oxygens (including phenoxy) is 2. The number of Topliss-reactive ketones (excluding diaryl/α,β-unsaturated/α-hetero) is 1. The highest BCUT2D eigenvalue weighted by Gasteiger charge is 2.25. The van der Waals surface area contributed by atoms with Crippen molar-refractivity contribution in [3.05, 3.63) is 40.3 Å². The van der Waals surface area contributed by atoms with Crippen molar-refractivity contribution < 1.29 is 23.9 Å². The van der Waals surface area contributed by atoms with Crippen molar-refractivity contribution in [3.63, 3.8) is 0 Å². The number of nitrogens with one attached hydrogen (secondary N) is 2. The zero-order valence-electron chi connectivity index (χ0n) is 16.4. The smallest absolute Gasteiger partial charge is 0.341 e. The number of anilines is 2. The van der Waals surface area contributed by atoms with Gasteiger partial charge in [0.1, 0.15) is 10.8 Å². The molecule has 1 aromatic heterocycles. The number of para-hydroxylation sites is 2. The first-order chi connectivity index (χ1) is 13.4. The van der Waals surface area contributed by atoms with E-state index in [4.69, 9.17) is 9.47 Å². The predicted molar refractivity (Wildman–Crippen MR) is 110 cm³/mol. The van der Waals surface area contributed by atoms with E-state index >= 15 is 0 Å². The number of esters is 1. The lowest BCUT2D eigenvalue weighted by atomic mass is 10.1. The molecule has 0 saturated carbocycles. The molecule has 8 heteroatoms. The van der Waals surface area contributed by atoms with Gasteiger partial charge in [-0.15, -0.1) is 11.3 Å². The van der Waals surface area contributed by atoms with Crippen LogP contribution in [0.1, 0.15) is 46.4 Å². The quantitative estimate of drug-likeness (QED) is 0.487. The molecule has 7 nitrogen and oxygen atoms in total. The molecule has 2 rings (SSSR count). The Hall–Kier alpha value is -2.87. The van der Waals surface area contributed by atoms with Gasteiger partial charge in [0, 0.05) is 0 Å². The molecule has 28 heavy (non-hydrogen) atoms. The lowest BCUT2D eigenvalue weighted by Crippen LogP contribution is -2.22. The van der Waals surface area contributed by atoms with Gasteiger partial charge in [-0.25, -0.2) is 4.79 Å². The fourth-order valence-electron chi connectivity index (χ4n) is 2.63. The van der Waals surface area contributed by atoms with Gasteiger partial charge >= 0.3 is 5.97 Å². The monoisotopic (exact) mass is 404 g/mol. The van der Waals surface area contributed by atoms with E-state index in [1.807, 2.05) is 31.2 Å². The van der Waals surface area contributed by atoms with Crippen LogP contribution in [-0.2, 0) is 9.53 Å². The van der Waals surface area contributed by atoms with Crippen LogP contribution in [0.3, 0.4) is 0 Å². The Morgan fingerprint density at radius 1 is 1.11 bits per heavy atom. The summed E-state index contributed by atoms with van der Waals surface area (Å²) in [4.78, 5) is 37.0.